The lowest BCUT2D eigenvalue weighted by molar-refractivity contribution is -0.147. The van der Waals surface area contributed by atoms with Crippen molar-refractivity contribution in [2.45, 2.75) is 18.4 Å². The molecule has 120 valence electrons. The average molecular weight is 317 g/mol. The maximum absolute atomic E-state index is 12.1. The molecule has 9 nitrogen and oxygen atoms in total. The van der Waals surface area contributed by atoms with E-state index in [1.54, 1.807) is 24.3 Å². The minimum absolute atomic E-state index is 0.00763. The Balaban J connectivity index is 1.65. The number of carboxylic acid groups (broad SMARTS) is 1. The third-order valence-electron chi connectivity index (χ3n) is 3.72. The van der Waals surface area contributed by atoms with Crippen molar-refractivity contribution in [2.75, 3.05) is 13.2 Å². The summed E-state index contributed by atoms with van der Waals surface area (Å²) in [6, 6.07) is 7.11. The van der Waals surface area contributed by atoms with Gasteiger partial charge in [0, 0.05) is 13.0 Å². The molecule has 3 rings (SSSR count). The van der Waals surface area contributed by atoms with E-state index in [0.717, 1.165) is 11.3 Å². The summed E-state index contributed by atoms with van der Waals surface area (Å²) >= 11 is 0. The molecule has 9 heteroatoms. The van der Waals surface area contributed by atoms with Crippen LogP contribution in [-0.2, 0) is 20.7 Å². The van der Waals surface area contributed by atoms with Crippen molar-refractivity contribution in [2.24, 2.45) is 0 Å². The monoisotopic (exact) mass is 317 g/mol. The van der Waals surface area contributed by atoms with Gasteiger partial charge in [-0.15, -0.1) is 5.10 Å². The van der Waals surface area contributed by atoms with Crippen LogP contribution in [0, 0.1) is 0 Å². The minimum Gasteiger partial charge on any atom is -0.479 e. The maximum atomic E-state index is 12.1. The molecule has 0 saturated carbocycles. The fourth-order valence-corrected chi connectivity index (χ4v) is 2.43. The summed E-state index contributed by atoms with van der Waals surface area (Å²) in [5, 5.41) is 22.8. The number of carbonyl (C=O) groups excluding carboxylic acids is 1. The Labute approximate surface area is 131 Å². The summed E-state index contributed by atoms with van der Waals surface area (Å²) < 4.78 is 6.61. The molecule has 0 bridgehead atoms. The number of nitrogens with zero attached hydrogens (tertiary/aromatic N) is 4. The lowest BCUT2D eigenvalue weighted by atomic mass is 9.98. The summed E-state index contributed by atoms with van der Waals surface area (Å²) in [4.78, 5) is 23.5. The fourth-order valence-electron chi connectivity index (χ4n) is 2.43. The van der Waals surface area contributed by atoms with E-state index in [-0.39, 0.29) is 25.4 Å². The molecule has 23 heavy (non-hydrogen) atoms. The number of nitrogens with one attached hydrogen (secondary N) is 1. The van der Waals surface area contributed by atoms with E-state index in [0.29, 0.717) is 6.61 Å². The molecule has 1 aromatic heterocycles. The van der Waals surface area contributed by atoms with Gasteiger partial charge in [0.15, 0.2) is 5.54 Å². The van der Waals surface area contributed by atoms with Crippen LogP contribution < -0.4 is 5.32 Å². The zero-order chi connectivity index (χ0) is 16.3. The Morgan fingerprint density at radius 2 is 2.13 bits per heavy atom. The molecule has 0 aliphatic carbocycles. The van der Waals surface area contributed by atoms with E-state index < -0.39 is 11.5 Å². The molecule has 1 saturated heterocycles. The quantitative estimate of drug-likeness (QED) is 0.767. The first-order chi connectivity index (χ1) is 11.1. The van der Waals surface area contributed by atoms with Crippen LogP contribution in [0.25, 0.3) is 5.69 Å². The van der Waals surface area contributed by atoms with Gasteiger partial charge in [0.25, 0.3) is 0 Å². The third-order valence-corrected chi connectivity index (χ3v) is 3.72. The van der Waals surface area contributed by atoms with Crippen LogP contribution in [0.4, 0.5) is 0 Å². The number of aliphatic carboxylic acids is 1. The standard InChI is InChI=1S/C14H15N5O4/c20-12(16-14(13(21)22)5-6-23-8-14)7-10-1-3-11(4-2-10)19-9-15-17-18-19/h1-4,9H,5-8H2,(H,16,20)(H,21,22). The Hall–Kier alpha value is -2.81. The number of hydrogen-bond acceptors (Lipinski definition) is 6. The van der Waals surface area contributed by atoms with E-state index in [4.69, 9.17) is 4.74 Å². The highest BCUT2D eigenvalue weighted by molar-refractivity contribution is 5.88. The van der Waals surface area contributed by atoms with Gasteiger partial charge in [0.1, 0.15) is 6.33 Å². The molecule has 1 unspecified atom stereocenters. The van der Waals surface area contributed by atoms with Crippen molar-refractivity contribution in [3.05, 3.63) is 36.2 Å². The molecule has 1 aromatic carbocycles. The molecule has 1 aliphatic rings. The van der Waals surface area contributed by atoms with Crippen molar-refractivity contribution in [3.8, 4) is 5.69 Å². The second-order valence-corrected chi connectivity index (χ2v) is 5.34. The van der Waals surface area contributed by atoms with Crippen LogP contribution in [0.2, 0.25) is 0 Å². The van der Waals surface area contributed by atoms with Crippen molar-refractivity contribution in [3.63, 3.8) is 0 Å². The third kappa shape index (κ3) is 3.19. The van der Waals surface area contributed by atoms with E-state index >= 15 is 0 Å². The largest absolute Gasteiger partial charge is 0.479 e. The van der Waals surface area contributed by atoms with E-state index in [1.165, 1.54) is 11.0 Å². The normalized spacial score (nSPS) is 20.3. The minimum atomic E-state index is -1.32. The summed E-state index contributed by atoms with van der Waals surface area (Å²) in [6.45, 7) is 0.319. The summed E-state index contributed by atoms with van der Waals surface area (Å²) in [6.07, 6.45) is 1.83. The number of amides is 1. The van der Waals surface area contributed by atoms with Gasteiger partial charge in [0.2, 0.25) is 5.91 Å². The van der Waals surface area contributed by atoms with Gasteiger partial charge >= 0.3 is 5.97 Å². The smallest absolute Gasteiger partial charge is 0.331 e. The van der Waals surface area contributed by atoms with Crippen LogP contribution in [0.1, 0.15) is 12.0 Å². The first-order valence-electron chi connectivity index (χ1n) is 7.03. The average Bonchev–Trinajstić information content (AvgIpc) is 3.20. The number of rotatable bonds is 5. The number of hydrogen-bond donors (Lipinski definition) is 2. The Morgan fingerprint density at radius 1 is 1.35 bits per heavy atom. The molecular weight excluding hydrogens is 302 g/mol. The van der Waals surface area contributed by atoms with Crippen molar-refractivity contribution in [1.29, 1.82) is 0 Å². The summed E-state index contributed by atoms with van der Waals surface area (Å²) in [5.74, 6) is -1.43. The van der Waals surface area contributed by atoms with Gasteiger partial charge in [-0.25, -0.2) is 9.48 Å². The Bertz CT molecular complexity index is 692. The predicted octanol–water partition coefficient (Wildman–Crippen LogP) is -0.435. The second kappa shape index (κ2) is 6.13. The van der Waals surface area contributed by atoms with Crippen molar-refractivity contribution >= 4 is 11.9 Å². The summed E-state index contributed by atoms with van der Waals surface area (Å²) in [7, 11) is 0. The van der Waals surface area contributed by atoms with E-state index in [9.17, 15) is 14.7 Å². The number of aromatic nitrogens is 4. The number of tetrazole rings is 1. The second-order valence-electron chi connectivity index (χ2n) is 5.34. The van der Waals surface area contributed by atoms with Gasteiger partial charge in [0.05, 0.1) is 18.7 Å². The number of carbonyl (C=O) groups is 2. The predicted molar refractivity (Wildman–Crippen MR) is 76.8 cm³/mol. The Morgan fingerprint density at radius 3 is 2.70 bits per heavy atom. The highest BCUT2D eigenvalue weighted by Crippen LogP contribution is 2.19. The van der Waals surface area contributed by atoms with Gasteiger partial charge in [-0.05, 0) is 28.1 Å². The molecular formula is C14H15N5O4. The van der Waals surface area contributed by atoms with Crippen LogP contribution in [0.15, 0.2) is 30.6 Å². The van der Waals surface area contributed by atoms with Crippen LogP contribution in [0.3, 0.4) is 0 Å². The van der Waals surface area contributed by atoms with Gasteiger partial charge in [-0.2, -0.15) is 0 Å². The number of carboxylic acids is 1. The number of benzene rings is 1. The molecule has 0 spiro atoms. The van der Waals surface area contributed by atoms with Crippen LogP contribution >= 0.6 is 0 Å². The maximum Gasteiger partial charge on any atom is 0.331 e. The van der Waals surface area contributed by atoms with Gasteiger partial charge in [-0.3, -0.25) is 4.79 Å². The molecule has 1 fully saturated rings. The van der Waals surface area contributed by atoms with Crippen molar-refractivity contribution in [1.82, 2.24) is 25.5 Å². The van der Waals surface area contributed by atoms with E-state index in [1.807, 2.05) is 0 Å². The Kier molecular flexibility index (Phi) is 4.02. The molecule has 2 N–H and O–H groups in total. The van der Waals surface area contributed by atoms with Crippen LogP contribution in [0.5, 0.6) is 0 Å². The SMILES string of the molecule is O=C(Cc1ccc(-n2cnnn2)cc1)NC1(C(=O)O)CCOC1. The highest BCUT2D eigenvalue weighted by Gasteiger charge is 2.43. The fraction of sp³-hybridized carbons (Fsp3) is 0.357. The first kappa shape index (κ1) is 15.1. The van der Waals surface area contributed by atoms with Crippen LogP contribution in [-0.4, -0.2) is 55.9 Å². The van der Waals surface area contributed by atoms with E-state index in [2.05, 4.69) is 20.8 Å². The van der Waals surface area contributed by atoms with Gasteiger partial charge in [-0.1, -0.05) is 12.1 Å². The topological polar surface area (TPSA) is 119 Å². The summed E-state index contributed by atoms with van der Waals surface area (Å²) in [5.41, 5.74) is 0.216. The lowest BCUT2D eigenvalue weighted by Crippen LogP contribution is -2.55. The highest BCUT2D eigenvalue weighted by atomic mass is 16.5. The molecule has 1 amide bonds. The van der Waals surface area contributed by atoms with Gasteiger partial charge < -0.3 is 15.2 Å². The molecule has 2 aromatic rings. The van der Waals surface area contributed by atoms with Crippen molar-refractivity contribution < 1.29 is 19.4 Å². The molecule has 0 radical (unpaired) electrons. The zero-order valence-electron chi connectivity index (χ0n) is 12.2. The molecule has 1 aliphatic heterocycles. The lowest BCUT2D eigenvalue weighted by Gasteiger charge is -2.23. The zero-order valence-corrected chi connectivity index (χ0v) is 12.2. The number of ether oxygens (including phenoxy) is 1. The first-order valence-corrected chi connectivity index (χ1v) is 7.03. The molecule has 1 atom stereocenters. The molecule has 2 heterocycles.